The molecule has 1 fully saturated rings. The maximum absolute atomic E-state index is 5.60. The fourth-order valence-corrected chi connectivity index (χ4v) is 2.36. The minimum Gasteiger partial charge on any atom is -0.493 e. The van der Waals surface area contributed by atoms with Crippen molar-refractivity contribution >= 4 is 0 Å². The van der Waals surface area contributed by atoms with Gasteiger partial charge in [-0.1, -0.05) is 12.1 Å². The first-order valence-electron chi connectivity index (χ1n) is 7.20. The van der Waals surface area contributed by atoms with Gasteiger partial charge in [-0.05, 0) is 20.0 Å². The zero-order valence-electron chi connectivity index (χ0n) is 12.7. The predicted molar refractivity (Wildman–Crippen MR) is 80.1 cm³/mol. The highest BCUT2D eigenvalue weighted by atomic mass is 16.5. The first kappa shape index (κ1) is 15.1. The monoisotopic (exact) mass is 279 g/mol. The average Bonchev–Trinajstić information content (AvgIpc) is 2.47. The Bertz CT molecular complexity index is 418. The van der Waals surface area contributed by atoms with E-state index < -0.39 is 0 Å². The molecular weight excluding hydrogens is 254 g/mol. The number of methoxy groups -OCH3 is 1. The van der Waals surface area contributed by atoms with Crippen LogP contribution in [0.1, 0.15) is 12.5 Å². The Labute approximate surface area is 121 Å². The number of para-hydroxylation sites is 1. The molecule has 0 radical (unpaired) electrons. The third kappa shape index (κ3) is 3.85. The van der Waals surface area contributed by atoms with E-state index in [1.54, 1.807) is 7.11 Å². The van der Waals surface area contributed by atoms with Gasteiger partial charge in [0.15, 0.2) is 11.5 Å². The molecule has 0 atom stereocenters. The van der Waals surface area contributed by atoms with Crippen LogP contribution in [0.3, 0.4) is 0 Å². The third-order valence-corrected chi connectivity index (χ3v) is 3.56. The van der Waals surface area contributed by atoms with Crippen molar-refractivity contribution in [3.8, 4) is 11.5 Å². The number of ether oxygens (including phenoxy) is 2. The molecule has 0 amide bonds. The number of rotatable bonds is 6. The first-order valence-corrected chi connectivity index (χ1v) is 7.20. The number of hydrogen-bond donors (Lipinski definition) is 1. The largest absolute Gasteiger partial charge is 0.493 e. The molecule has 5 heteroatoms. The summed E-state index contributed by atoms with van der Waals surface area (Å²) in [6, 6.07) is 6.03. The van der Waals surface area contributed by atoms with Gasteiger partial charge in [0.1, 0.15) is 0 Å². The van der Waals surface area contributed by atoms with Gasteiger partial charge in [0, 0.05) is 38.3 Å². The van der Waals surface area contributed by atoms with Crippen LogP contribution in [0.5, 0.6) is 11.5 Å². The number of hydrogen-bond acceptors (Lipinski definition) is 5. The summed E-state index contributed by atoms with van der Waals surface area (Å²) in [6.07, 6.45) is 0. The number of nitrogens with zero attached hydrogens (tertiary/aromatic N) is 2. The molecule has 1 aliphatic rings. The van der Waals surface area contributed by atoms with Crippen LogP contribution < -0.4 is 14.9 Å². The molecular formula is C15H25N3O2. The molecule has 112 valence electrons. The quantitative estimate of drug-likeness (QED) is 0.850. The minimum absolute atomic E-state index is 0.645. The van der Waals surface area contributed by atoms with E-state index in [0.29, 0.717) is 6.61 Å². The molecule has 0 spiro atoms. The standard InChI is InChI=1S/C15H25N3O2/c1-4-20-14-7-5-6-13(15(14)19-3)12-16-18-10-8-17(2)9-11-18/h5-7,16H,4,8-12H2,1-3H3. The van der Waals surface area contributed by atoms with Gasteiger partial charge in [-0.25, -0.2) is 5.01 Å². The van der Waals surface area contributed by atoms with E-state index in [9.17, 15) is 0 Å². The van der Waals surface area contributed by atoms with E-state index in [1.165, 1.54) is 0 Å². The van der Waals surface area contributed by atoms with Crippen LogP contribution in [0.25, 0.3) is 0 Å². The highest BCUT2D eigenvalue weighted by molar-refractivity contribution is 5.46. The summed E-state index contributed by atoms with van der Waals surface area (Å²) in [5.41, 5.74) is 4.60. The summed E-state index contributed by atoms with van der Waals surface area (Å²) in [5.74, 6) is 1.64. The fraction of sp³-hybridized carbons (Fsp3) is 0.600. The smallest absolute Gasteiger partial charge is 0.165 e. The van der Waals surface area contributed by atoms with Crippen LogP contribution in [0.4, 0.5) is 0 Å². The van der Waals surface area contributed by atoms with Crippen molar-refractivity contribution in [3.63, 3.8) is 0 Å². The maximum atomic E-state index is 5.60. The van der Waals surface area contributed by atoms with E-state index in [2.05, 4.69) is 28.4 Å². The predicted octanol–water partition coefficient (Wildman–Crippen LogP) is 1.35. The summed E-state index contributed by atoms with van der Waals surface area (Å²) in [7, 11) is 3.85. The van der Waals surface area contributed by atoms with Crippen molar-refractivity contribution < 1.29 is 9.47 Å². The zero-order chi connectivity index (χ0) is 14.4. The second-order valence-electron chi connectivity index (χ2n) is 5.01. The number of benzene rings is 1. The van der Waals surface area contributed by atoms with Gasteiger partial charge in [-0.3, -0.25) is 5.43 Å². The zero-order valence-corrected chi connectivity index (χ0v) is 12.7. The van der Waals surface area contributed by atoms with Crippen LogP contribution in [0, 0.1) is 0 Å². The van der Waals surface area contributed by atoms with Gasteiger partial charge < -0.3 is 14.4 Å². The molecule has 1 aromatic carbocycles. The highest BCUT2D eigenvalue weighted by Gasteiger charge is 2.15. The molecule has 0 unspecified atom stereocenters. The number of nitrogens with one attached hydrogen (secondary N) is 1. The van der Waals surface area contributed by atoms with Crippen LogP contribution in [-0.4, -0.2) is 56.9 Å². The second kappa shape index (κ2) is 7.47. The van der Waals surface area contributed by atoms with Crippen LogP contribution in [0.15, 0.2) is 18.2 Å². The Kier molecular flexibility index (Phi) is 5.64. The van der Waals surface area contributed by atoms with E-state index in [1.807, 2.05) is 19.1 Å². The summed E-state index contributed by atoms with van der Waals surface area (Å²) >= 11 is 0. The Hall–Kier alpha value is -1.30. The van der Waals surface area contributed by atoms with E-state index in [-0.39, 0.29) is 0 Å². The SMILES string of the molecule is CCOc1cccc(CNN2CCN(C)CC2)c1OC. The Morgan fingerprint density at radius 1 is 1.20 bits per heavy atom. The lowest BCUT2D eigenvalue weighted by molar-refractivity contribution is 0.102. The van der Waals surface area contributed by atoms with Crippen LogP contribution >= 0.6 is 0 Å². The Balaban J connectivity index is 1.96. The maximum Gasteiger partial charge on any atom is 0.165 e. The molecule has 5 nitrogen and oxygen atoms in total. The summed E-state index contributed by atoms with van der Waals surface area (Å²) < 4.78 is 11.1. The van der Waals surface area contributed by atoms with Gasteiger partial charge in [-0.2, -0.15) is 0 Å². The Morgan fingerprint density at radius 3 is 2.60 bits per heavy atom. The van der Waals surface area contributed by atoms with Gasteiger partial charge in [-0.15, -0.1) is 0 Å². The van der Waals surface area contributed by atoms with Crippen LogP contribution in [-0.2, 0) is 6.54 Å². The molecule has 1 N–H and O–H groups in total. The highest BCUT2D eigenvalue weighted by Crippen LogP contribution is 2.30. The summed E-state index contributed by atoms with van der Waals surface area (Å²) in [5, 5.41) is 2.27. The van der Waals surface area contributed by atoms with Gasteiger partial charge in [0.25, 0.3) is 0 Å². The Morgan fingerprint density at radius 2 is 1.95 bits per heavy atom. The molecule has 0 saturated carbocycles. The minimum atomic E-state index is 0.645. The second-order valence-corrected chi connectivity index (χ2v) is 5.01. The lowest BCUT2D eigenvalue weighted by atomic mass is 10.2. The summed E-state index contributed by atoms with van der Waals surface area (Å²) in [6.45, 7) is 7.67. The van der Waals surface area contributed by atoms with Crippen LogP contribution in [0.2, 0.25) is 0 Å². The number of hydrazine groups is 1. The molecule has 20 heavy (non-hydrogen) atoms. The van der Waals surface area contributed by atoms with E-state index in [4.69, 9.17) is 9.47 Å². The van der Waals surface area contributed by atoms with Gasteiger partial charge in [0.2, 0.25) is 0 Å². The average molecular weight is 279 g/mol. The van der Waals surface area contributed by atoms with Gasteiger partial charge >= 0.3 is 0 Å². The first-order chi connectivity index (χ1) is 9.74. The fourth-order valence-electron chi connectivity index (χ4n) is 2.36. The van der Waals surface area contributed by atoms with Crippen molar-refractivity contribution in [2.75, 3.05) is 46.9 Å². The van der Waals surface area contributed by atoms with E-state index >= 15 is 0 Å². The molecule has 1 saturated heterocycles. The number of piperazine rings is 1. The molecule has 1 heterocycles. The van der Waals surface area contributed by atoms with Crippen molar-refractivity contribution in [3.05, 3.63) is 23.8 Å². The summed E-state index contributed by atoms with van der Waals surface area (Å²) in [4.78, 5) is 2.34. The number of likely N-dealkylation sites (N-methyl/N-ethyl adjacent to an activating group) is 1. The topological polar surface area (TPSA) is 37.0 Å². The van der Waals surface area contributed by atoms with Crippen molar-refractivity contribution in [2.24, 2.45) is 0 Å². The molecule has 0 aliphatic carbocycles. The molecule has 2 rings (SSSR count). The van der Waals surface area contributed by atoms with Crippen molar-refractivity contribution in [1.82, 2.24) is 15.3 Å². The van der Waals surface area contributed by atoms with Gasteiger partial charge in [0.05, 0.1) is 13.7 Å². The molecule has 0 aromatic heterocycles. The normalized spacial score (nSPS) is 17.1. The molecule has 0 bridgehead atoms. The third-order valence-electron chi connectivity index (χ3n) is 3.56. The molecule has 1 aromatic rings. The van der Waals surface area contributed by atoms with Crippen molar-refractivity contribution in [1.29, 1.82) is 0 Å². The van der Waals surface area contributed by atoms with E-state index in [0.717, 1.165) is 49.8 Å². The van der Waals surface area contributed by atoms with Crippen molar-refractivity contribution in [2.45, 2.75) is 13.5 Å². The lowest BCUT2D eigenvalue weighted by Gasteiger charge is -2.32. The molecule has 1 aliphatic heterocycles. The lowest BCUT2D eigenvalue weighted by Crippen LogP contribution is -2.50.